The molecule has 0 aliphatic carbocycles. The summed E-state index contributed by atoms with van der Waals surface area (Å²) in [5, 5.41) is 7.88. The molecule has 0 saturated carbocycles. The predicted octanol–water partition coefficient (Wildman–Crippen LogP) is 4.13. The van der Waals surface area contributed by atoms with Crippen molar-refractivity contribution < 1.29 is 4.74 Å². The summed E-state index contributed by atoms with van der Waals surface area (Å²) in [7, 11) is 3.62. The van der Waals surface area contributed by atoms with Crippen molar-refractivity contribution >= 4 is 37.5 Å². The van der Waals surface area contributed by atoms with E-state index >= 15 is 0 Å². The number of hydrogen-bond donors (Lipinski definition) is 1. The highest BCUT2D eigenvalue weighted by Gasteiger charge is 2.12. The topological polar surface area (TPSA) is 39.1 Å². The first kappa shape index (κ1) is 15.4. The van der Waals surface area contributed by atoms with E-state index in [9.17, 15) is 0 Å². The average molecular weight is 403 g/mol. The van der Waals surface area contributed by atoms with E-state index in [4.69, 9.17) is 4.74 Å². The Bertz CT molecular complexity index is 611. The fourth-order valence-corrected chi connectivity index (χ4v) is 3.21. The molecule has 0 radical (unpaired) electrons. The Morgan fingerprint density at radius 2 is 2.05 bits per heavy atom. The van der Waals surface area contributed by atoms with Crippen molar-refractivity contribution in [3.05, 3.63) is 38.5 Å². The molecule has 0 unspecified atom stereocenters. The summed E-state index contributed by atoms with van der Waals surface area (Å²) in [5.41, 5.74) is 3.21. The fourth-order valence-electron chi connectivity index (χ4n) is 1.98. The maximum atomic E-state index is 5.26. The van der Waals surface area contributed by atoms with Crippen LogP contribution < -0.4 is 10.1 Å². The predicted molar refractivity (Wildman–Crippen MR) is 88.3 cm³/mol. The summed E-state index contributed by atoms with van der Waals surface area (Å²) in [6.07, 6.45) is 0.916. The lowest BCUT2D eigenvalue weighted by Crippen LogP contribution is -2.06. The van der Waals surface area contributed by atoms with Crippen LogP contribution in [-0.4, -0.2) is 16.9 Å². The number of hydrogen-bond acceptors (Lipinski definition) is 3. The first-order valence-corrected chi connectivity index (χ1v) is 7.92. The molecule has 0 atom stereocenters. The highest BCUT2D eigenvalue weighted by atomic mass is 79.9. The number of methoxy groups -OCH3 is 1. The van der Waals surface area contributed by atoms with Gasteiger partial charge >= 0.3 is 0 Å². The van der Waals surface area contributed by atoms with E-state index in [0.717, 1.165) is 38.2 Å². The molecule has 0 amide bonds. The number of rotatable bonds is 5. The van der Waals surface area contributed by atoms with E-state index in [0.29, 0.717) is 6.54 Å². The number of ether oxygens (including phenoxy) is 1. The zero-order valence-electron chi connectivity index (χ0n) is 11.7. The van der Waals surface area contributed by atoms with Crippen molar-refractivity contribution in [2.45, 2.75) is 19.9 Å². The van der Waals surface area contributed by atoms with Crippen LogP contribution in [0.4, 0.5) is 5.69 Å². The maximum absolute atomic E-state index is 5.26. The third-order valence-corrected chi connectivity index (χ3v) is 4.44. The zero-order chi connectivity index (χ0) is 14.7. The minimum absolute atomic E-state index is 0.698. The van der Waals surface area contributed by atoms with Gasteiger partial charge in [-0.15, -0.1) is 0 Å². The van der Waals surface area contributed by atoms with Gasteiger partial charge in [-0.2, -0.15) is 5.10 Å². The second-order valence-electron chi connectivity index (χ2n) is 4.42. The first-order chi connectivity index (χ1) is 9.55. The third kappa shape index (κ3) is 3.35. The minimum Gasteiger partial charge on any atom is -0.497 e. The molecule has 0 aliphatic rings. The van der Waals surface area contributed by atoms with Gasteiger partial charge in [-0.25, -0.2) is 0 Å². The Labute approximate surface area is 135 Å². The van der Waals surface area contributed by atoms with E-state index in [1.54, 1.807) is 7.11 Å². The molecule has 2 aromatic rings. The van der Waals surface area contributed by atoms with E-state index in [2.05, 4.69) is 49.2 Å². The molecule has 4 nitrogen and oxygen atoms in total. The molecule has 1 aromatic heterocycles. The number of halogens is 2. The minimum atomic E-state index is 0.698. The van der Waals surface area contributed by atoms with Crippen molar-refractivity contribution in [1.82, 2.24) is 9.78 Å². The molecular formula is C14H17Br2N3O. The summed E-state index contributed by atoms with van der Waals surface area (Å²) in [6.45, 7) is 2.80. The molecule has 0 aliphatic heterocycles. The Morgan fingerprint density at radius 1 is 1.30 bits per heavy atom. The standard InChI is InChI=1S/C14H17Br2N3O/c1-4-12-14(16)13(19(2)18-12)8-17-10-5-9(15)6-11(7-10)20-3/h5-7,17H,4,8H2,1-3H3. The van der Waals surface area contributed by atoms with E-state index in [1.807, 2.05) is 29.9 Å². The van der Waals surface area contributed by atoms with Crippen LogP contribution in [0.25, 0.3) is 0 Å². The largest absolute Gasteiger partial charge is 0.497 e. The number of aromatic nitrogens is 2. The Hall–Kier alpha value is -1.01. The van der Waals surface area contributed by atoms with E-state index in [-0.39, 0.29) is 0 Å². The van der Waals surface area contributed by atoms with Crippen molar-refractivity contribution in [3.63, 3.8) is 0 Å². The Morgan fingerprint density at radius 3 is 2.65 bits per heavy atom. The molecule has 6 heteroatoms. The Kier molecular flexibility index (Phi) is 5.10. The summed E-state index contributed by atoms with van der Waals surface area (Å²) in [4.78, 5) is 0. The molecule has 108 valence electrons. The second-order valence-corrected chi connectivity index (χ2v) is 6.13. The van der Waals surface area contributed by atoms with Gasteiger partial charge in [0.15, 0.2) is 0 Å². The van der Waals surface area contributed by atoms with Gasteiger partial charge in [-0.05, 0) is 34.5 Å². The van der Waals surface area contributed by atoms with Gasteiger partial charge in [0.25, 0.3) is 0 Å². The van der Waals surface area contributed by atoms with Crippen LogP contribution in [0.2, 0.25) is 0 Å². The molecule has 1 heterocycles. The number of benzene rings is 1. The van der Waals surface area contributed by atoms with Crippen molar-refractivity contribution in [1.29, 1.82) is 0 Å². The lowest BCUT2D eigenvalue weighted by Gasteiger charge is -2.10. The molecule has 0 spiro atoms. The first-order valence-electron chi connectivity index (χ1n) is 6.33. The molecule has 1 aromatic carbocycles. The van der Waals surface area contributed by atoms with Crippen LogP contribution in [0, 0.1) is 0 Å². The number of anilines is 1. The maximum Gasteiger partial charge on any atom is 0.122 e. The monoisotopic (exact) mass is 401 g/mol. The van der Waals surface area contributed by atoms with Gasteiger partial charge in [-0.1, -0.05) is 22.9 Å². The molecule has 2 rings (SSSR count). The smallest absolute Gasteiger partial charge is 0.122 e. The molecule has 0 saturated heterocycles. The van der Waals surface area contributed by atoms with Gasteiger partial charge in [0.05, 0.1) is 29.5 Å². The van der Waals surface area contributed by atoms with Crippen molar-refractivity contribution in [2.75, 3.05) is 12.4 Å². The second kappa shape index (κ2) is 6.63. The third-order valence-electron chi connectivity index (χ3n) is 3.07. The van der Waals surface area contributed by atoms with Crippen molar-refractivity contribution in [2.24, 2.45) is 7.05 Å². The van der Waals surface area contributed by atoms with Gasteiger partial charge in [0.2, 0.25) is 0 Å². The van der Waals surface area contributed by atoms with Crippen LogP contribution >= 0.6 is 31.9 Å². The normalized spacial score (nSPS) is 10.7. The van der Waals surface area contributed by atoms with Crippen LogP contribution in [-0.2, 0) is 20.0 Å². The SMILES string of the molecule is CCc1nn(C)c(CNc2cc(Br)cc(OC)c2)c1Br. The van der Waals surface area contributed by atoms with Crippen LogP contribution in [0.15, 0.2) is 27.1 Å². The fraction of sp³-hybridized carbons (Fsp3) is 0.357. The highest BCUT2D eigenvalue weighted by molar-refractivity contribution is 9.10. The molecule has 0 bridgehead atoms. The van der Waals surface area contributed by atoms with Gasteiger partial charge < -0.3 is 10.1 Å². The quantitative estimate of drug-likeness (QED) is 0.817. The summed E-state index contributed by atoms with van der Waals surface area (Å²) >= 11 is 7.10. The van der Waals surface area contributed by atoms with E-state index in [1.165, 1.54) is 0 Å². The Balaban J connectivity index is 2.16. The number of aryl methyl sites for hydroxylation is 2. The summed E-state index contributed by atoms with van der Waals surface area (Å²) in [6, 6.07) is 5.92. The zero-order valence-corrected chi connectivity index (χ0v) is 14.9. The van der Waals surface area contributed by atoms with Gasteiger partial charge in [0, 0.05) is 23.3 Å². The van der Waals surface area contributed by atoms with Crippen LogP contribution in [0.5, 0.6) is 5.75 Å². The van der Waals surface area contributed by atoms with Gasteiger partial charge in [-0.3, -0.25) is 4.68 Å². The van der Waals surface area contributed by atoms with Crippen LogP contribution in [0.3, 0.4) is 0 Å². The van der Waals surface area contributed by atoms with Crippen molar-refractivity contribution in [3.8, 4) is 5.75 Å². The van der Waals surface area contributed by atoms with Crippen LogP contribution in [0.1, 0.15) is 18.3 Å². The number of nitrogens with one attached hydrogen (secondary N) is 1. The average Bonchev–Trinajstić information content (AvgIpc) is 2.70. The lowest BCUT2D eigenvalue weighted by molar-refractivity contribution is 0.414. The van der Waals surface area contributed by atoms with Gasteiger partial charge in [0.1, 0.15) is 5.75 Å². The highest BCUT2D eigenvalue weighted by Crippen LogP contribution is 2.26. The molecule has 0 fully saturated rings. The summed E-state index contributed by atoms with van der Waals surface area (Å²) < 4.78 is 9.23. The summed E-state index contributed by atoms with van der Waals surface area (Å²) in [5.74, 6) is 0.820. The molecule has 1 N–H and O–H groups in total. The van der Waals surface area contributed by atoms with E-state index < -0.39 is 0 Å². The molecular weight excluding hydrogens is 386 g/mol. The number of nitrogens with zero attached hydrogens (tertiary/aromatic N) is 2. The lowest BCUT2D eigenvalue weighted by atomic mass is 10.2. The molecule has 20 heavy (non-hydrogen) atoms.